The lowest BCUT2D eigenvalue weighted by Crippen LogP contribution is -2.41. The fourth-order valence-electron chi connectivity index (χ4n) is 2.73. The number of amides is 1. The highest BCUT2D eigenvalue weighted by atomic mass is 16.5. The van der Waals surface area contributed by atoms with Crippen molar-refractivity contribution in [1.29, 1.82) is 0 Å². The van der Waals surface area contributed by atoms with E-state index >= 15 is 0 Å². The fourth-order valence-corrected chi connectivity index (χ4v) is 2.73. The Morgan fingerprint density at radius 2 is 2.25 bits per heavy atom. The Kier molecular flexibility index (Phi) is 3.74. The summed E-state index contributed by atoms with van der Waals surface area (Å²) >= 11 is 0. The molecule has 2 aliphatic rings. The Bertz CT molecular complexity index is 481. The number of hydrogen-bond acceptors (Lipinski definition) is 5. The van der Waals surface area contributed by atoms with Crippen LogP contribution in [0.15, 0.2) is 4.52 Å². The second-order valence-electron chi connectivity index (χ2n) is 6.13. The van der Waals surface area contributed by atoms with E-state index < -0.39 is 0 Å². The van der Waals surface area contributed by atoms with Crippen LogP contribution in [0.1, 0.15) is 62.6 Å². The predicted molar refractivity (Wildman–Crippen MR) is 73.1 cm³/mol. The zero-order valence-corrected chi connectivity index (χ0v) is 11.9. The first-order chi connectivity index (χ1) is 9.63. The minimum Gasteiger partial charge on any atom is -0.342 e. The number of carbonyl (C=O) groups is 1. The molecule has 2 heterocycles. The number of nitrogens with two attached hydrogens (primary N) is 1. The van der Waals surface area contributed by atoms with Crippen LogP contribution in [0.5, 0.6) is 0 Å². The van der Waals surface area contributed by atoms with Gasteiger partial charge < -0.3 is 15.2 Å². The van der Waals surface area contributed by atoms with Crippen LogP contribution in [0.3, 0.4) is 0 Å². The first kappa shape index (κ1) is 13.5. The highest BCUT2D eigenvalue weighted by Crippen LogP contribution is 2.39. The summed E-state index contributed by atoms with van der Waals surface area (Å²) in [5.41, 5.74) is 5.70. The van der Waals surface area contributed by atoms with Crippen molar-refractivity contribution < 1.29 is 9.32 Å². The monoisotopic (exact) mass is 278 g/mol. The van der Waals surface area contributed by atoms with Gasteiger partial charge in [0.25, 0.3) is 0 Å². The van der Waals surface area contributed by atoms with E-state index in [0.717, 1.165) is 43.9 Å². The van der Waals surface area contributed by atoms with Gasteiger partial charge in [-0.15, -0.1) is 0 Å². The van der Waals surface area contributed by atoms with Crippen molar-refractivity contribution >= 4 is 5.91 Å². The summed E-state index contributed by atoms with van der Waals surface area (Å²) in [6.45, 7) is 3.37. The predicted octanol–water partition coefficient (Wildman–Crippen LogP) is 1.39. The molecule has 1 aromatic rings. The standard InChI is InChI=1S/C14H22N4O2/c1-9(15)7-12(19)18-6-2-3-11(8-18)13-16-14(20-17-13)10-4-5-10/h9-11H,2-8,15H2,1H3. The summed E-state index contributed by atoms with van der Waals surface area (Å²) in [4.78, 5) is 18.5. The van der Waals surface area contributed by atoms with Crippen LogP contribution in [0.25, 0.3) is 0 Å². The molecule has 3 rings (SSSR count). The van der Waals surface area contributed by atoms with Gasteiger partial charge in [-0.1, -0.05) is 5.16 Å². The van der Waals surface area contributed by atoms with E-state index in [4.69, 9.17) is 10.3 Å². The molecule has 2 N–H and O–H groups in total. The molecule has 6 nitrogen and oxygen atoms in total. The molecule has 1 saturated carbocycles. The molecule has 1 amide bonds. The number of rotatable bonds is 4. The summed E-state index contributed by atoms with van der Waals surface area (Å²) in [6, 6.07) is -0.0884. The number of carbonyl (C=O) groups excluding carboxylic acids is 1. The van der Waals surface area contributed by atoms with Crippen molar-refractivity contribution in [2.45, 2.75) is 56.9 Å². The lowest BCUT2D eigenvalue weighted by Gasteiger charge is -2.31. The van der Waals surface area contributed by atoms with Crippen molar-refractivity contribution in [3.05, 3.63) is 11.7 Å². The van der Waals surface area contributed by atoms with E-state index in [1.54, 1.807) is 0 Å². The van der Waals surface area contributed by atoms with Gasteiger partial charge in [0.1, 0.15) is 0 Å². The third-order valence-corrected chi connectivity index (χ3v) is 4.02. The smallest absolute Gasteiger partial charge is 0.229 e. The first-order valence-electron chi connectivity index (χ1n) is 7.50. The summed E-state index contributed by atoms with van der Waals surface area (Å²) in [5.74, 6) is 2.37. The lowest BCUT2D eigenvalue weighted by atomic mass is 9.97. The molecule has 2 unspecified atom stereocenters. The Morgan fingerprint density at radius 3 is 2.95 bits per heavy atom. The van der Waals surface area contributed by atoms with Crippen LogP contribution < -0.4 is 5.73 Å². The molecule has 0 aromatic carbocycles. The minimum atomic E-state index is -0.0884. The topological polar surface area (TPSA) is 85.3 Å². The van der Waals surface area contributed by atoms with Crippen LogP contribution in [0.2, 0.25) is 0 Å². The summed E-state index contributed by atoms with van der Waals surface area (Å²) in [5, 5.41) is 4.11. The number of nitrogens with zero attached hydrogens (tertiary/aromatic N) is 3. The molecule has 0 radical (unpaired) electrons. The van der Waals surface area contributed by atoms with E-state index in [1.807, 2.05) is 11.8 Å². The van der Waals surface area contributed by atoms with E-state index in [2.05, 4.69) is 10.1 Å². The Balaban J connectivity index is 1.63. The normalized spacial score (nSPS) is 24.7. The maximum absolute atomic E-state index is 12.1. The zero-order valence-electron chi connectivity index (χ0n) is 11.9. The van der Waals surface area contributed by atoms with E-state index in [1.165, 1.54) is 0 Å². The average Bonchev–Trinajstić information content (AvgIpc) is 3.16. The molecule has 1 saturated heterocycles. The van der Waals surface area contributed by atoms with Crippen molar-refractivity contribution in [3.63, 3.8) is 0 Å². The molecule has 0 bridgehead atoms. The minimum absolute atomic E-state index is 0.0884. The maximum Gasteiger partial charge on any atom is 0.229 e. The van der Waals surface area contributed by atoms with Crippen molar-refractivity contribution in [1.82, 2.24) is 15.0 Å². The van der Waals surface area contributed by atoms with Gasteiger partial charge in [0, 0.05) is 37.4 Å². The van der Waals surface area contributed by atoms with Crippen LogP contribution >= 0.6 is 0 Å². The van der Waals surface area contributed by atoms with Gasteiger partial charge in [-0.25, -0.2) is 0 Å². The molecule has 110 valence electrons. The van der Waals surface area contributed by atoms with Gasteiger partial charge in [-0.2, -0.15) is 4.98 Å². The molecule has 20 heavy (non-hydrogen) atoms. The van der Waals surface area contributed by atoms with Crippen molar-refractivity contribution in [3.8, 4) is 0 Å². The van der Waals surface area contributed by atoms with Crippen LogP contribution in [-0.2, 0) is 4.79 Å². The average molecular weight is 278 g/mol. The third-order valence-electron chi connectivity index (χ3n) is 4.02. The van der Waals surface area contributed by atoms with Crippen LogP contribution in [0, 0.1) is 0 Å². The van der Waals surface area contributed by atoms with Gasteiger partial charge >= 0.3 is 0 Å². The number of piperidine rings is 1. The van der Waals surface area contributed by atoms with Gasteiger partial charge in [0.05, 0.1) is 0 Å². The number of likely N-dealkylation sites (tertiary alicyclic amines) is 1. The molecule has 0 spiro atoms. The molecule has 1 aliphatic carbocycles. The van der Waals surface area contributed by atoms with Gasteiger partial charge in [0.2, 0.25) is 11.8 Å². The van der Waals surface area contributed by atoms with Crippen LogP contribution in [0.4, 0.5) is 0 Å². The summed E-state index contributed by atoms with van der Waals surface area (Å²) in [6.07, 6.45) is 4.73. The van der Waals surface area contributed by atoms with Gasteiger partial charge in [-0.3, -0.25) is 4.79 Å². The van der Waals surface area contributed by atoms with E-state index in [9.17, 15) is 4.79 Å². The Morgan fingerprint density at radius 1 is 1.45 bits per heavy atom. The largest absolute Gasteiger partial charge is 0.342 e. The molecular weight excluding hydrogens is 256 g/mol. The maximum atomic E-state index is 12.1. The quantitative estimate of drug-likeness (QED) is 0.899. The lowest BCUT2D eigenvalue weighted by molar-refractivity contribution is -0.132. The highest BCUT2D eigenvalue weighted by Gasteiger charge is 2.32. The van der Waals surface area contributed by atoms with Crippen molar-refractivity contribution in [2.75, 3.05) is 13.1 Å². The second-order valence-corrected chi connectivity index (χ2v) is 6.13. The molecule has 1 aliphatic heterocycles. The second kappa shape index (κ2) is 5.52. The summed E-state index contributed by atoms with van der Waals surface area (Å²) < 4.78 is 5.32. The van der Waals surface area contributed by atoms with Crippen molar-refractivity contribution in [2.24, 2.45) is 5.73 Å². The number of aromatic nitrogens is 2. The highest BCUT2D eigenvalue weighted by molar-refractivity contribution is 5.76. The molecule has 2 atom stereocenters. The van der Waals surface area contributed by atoms with Gasteiger partial charge in [-0.05, 0) is 32.6 Å². The Labute approximate surface area is 118 Å². The van der Waals surface area contributed by atoms with Crippen LogP contribution in [-0.4, -0.2) is 40.1 Å². The molecule has 6 heteroatoms. The first-order valence-corrected chi connectivity index (χ1v) is 7.50. The van der Waals surface area contributed by atoms with Gasteiger partial charge in [0.15, 0.2) is 5.82 Å². The molecule has 1 aromatic heterocycles. The molecular formula is C14H22N4O2. The number of hydrogen-bond donors (Lipinski definition) is 1. The summed E-state index contributed by atoms with van der Waals surface area (Å²) in [7, 11) is 0. The zero-order chi connectivity index (χ0) is 14.1. The Hall–Kier alpha value is -1.43. The molecule has 2 fully saturated rings. The fraction of sp³-hybridized carbons (Fsp3) is 0.786. The third kappa shape index (κ3) is 3.00. The van der Waals surface area contributed by atoms with E-state index in [0.29, 0.717) is 18.9 Å². The van der Waals surface area contributed by atoms with E-state index in [-0.39, 0.29) is 17.9 Å². The SMILES string of the molecule is CC(N)CC(=O)N1CCCC(c2noc(C3CC3)n2)C1.